The summed E-state index contributed by atoms with van der Waals surface area (Å²) in [6.07, 6.45) is 3.26. The van der Waals surface area contributed by atoms with Gasteiger partial charge in [0.05, 0.1) is 30.3 Å². The van der Waals surface area contributed by atoms with Gasteiger partial charge < -0.3 is 15.1 Å². The Morgan fingerprint density at radius 3 is 3.05 bits per heavy atom. The first-order valence-electron chi connectivity index (χ1n) is 5.80. The molecule has 0 saturated heterocycles. The Morgan fingerprint density at radius 2 is 2.42 bits per heavy atom. The van der Waals surface area contributed by atoms with Crippen molar-refractivity contribution in [3.8, 4) is 6.07 Å². The van der Waals surface area contributed by atoms with Crippen LogP contribution in [0.15, 0.2) is 18.5 Å². The van der Waals surface area contributed by atoms with Gasteiger partial charge in [0.15, 0.2) is 0 Å². The number of aromatic nitrogens is 1. The van der Waals surface area contributed by atoms with Crippen LogP contribution in [-0.2, 0) is 4.74 Å². The monoisotopic (exact) mass is 263 g/mol. The van der Waals surface area contributed by atoms with Crippen molar-refractivity contribution in [3.63, 3.8) is 0 Å². The summed E-state index contributed by atoms with van der Waals surface area (Å²) >= 11 is 0. The average Bonchev–Trinajstić information content (AvgIpc) is 2.46. The van der Waals surface area contributed by atoms with Crippen LogP contribution < -0.4 is 11.3 Å². The molecule has 1 amide bonds. The lowest BCUT2D eigenvalue weighted by Crippen LogP contribution is -2.35. The number of nitrogens with one attached hydrogen (secondary N) is 1. The zero-order valence-corrected chi connectivity index (χ0v) is 10.8. The van der Waals surface area contributed by atoms with Crippen LogP contribution in [0.4, 0.5) is 5.69 Å². The van der Waals surface area contributed by atoms with E-state index in [9.17, 15) is 4.79 Å². The average molecular weight is 263 g/mol. The van der Waals surface area contributed by atoms with Crippen molar-refractivity contribution in [3.05, 3.63) is 24.0 Å². The van der Waals surface area contributed by atoms with E-state index in [-0.39, 0.29) is 12.3 Å². The maximum Gasteiger partial charge on any atom is 0.257 e. The Bertz CT molecular complexity index is 458. The normalized spacial score (nSPS) is 9.74. The smallest absolute Gasteiger partial charge is 0.257 e. The van der Waals surface area contributed by atoms with Gasteiger partial charge in [-0.05, 0) is 6.07 Å². The number of rotatable bonds is 7. The number of nitrogen functional groups attached to an aromatic ring is 1. The molecule has 0 aliphatic rings. The highest BCUT2D eigenvalue weighted by Crippen LogP contribution is 2.14. The van der Waals surface area contributed by atoms with Crippen LogP contribution >= 0.6 is 0 Å². The van der Waals surface area contributed by atoms with E-state index in [0.29, 0.717) is 30.9 Å². The first kappa shape index (κ1) is 14.9. The van der Waals surface area contributed by atoms with E-state index in [2.05, 4.69) is 10.4 Å². The van der Waals surface area contributed by atoms with Crippen LogP contribution in [0.3, 0.4) is 0 Å². The molecule has 7 heteroatoms. The number of amides is 1. The molecule has 0 fully saturated rings. The van der Waals surface area contributed by atoms with Crippen LogP contribution in [0.2, 0.25) is 0 Å². The van der Waals surface area contributed by atoms with Crippen LogP contribution in [0.1, 0.15) is 16.8 Å². The number of nitrogens with zero attached hydrogens (tertiary/aromatic N) is 3. The lowest BCUT2D eigenvalue weighted by atomic mass is 10.2. The summed E-state index contributed by atoms with van der Waals surface area (Å²) in [5.74, 6) is 5.13. The summed E-state index contributed by atoms with van der Waals surface area (Å²) in [5, 5.41) is 8.63. The first-order valence-corrected chi connectivity index (χ1v) is 5.80. The number of methoxy groups -OCH3 is 1. The SMILES string of the molecule is COCCN(CCC#N)C(=O)c1cnccc1NN. The molecule has 0 aliphatic heterocycles. The molecule has 0 saturated carbocycles. The van der Waals surface area contributed by atoms with Crippen molar-refractivity contribution in [2.24, 2.45) is 5.84 Å². The molecule has 19 heavy (non-hydrogen) atoms. The van der Waals surface area contributed by atoms with E-state index < -0.39 is 0 Å². The fourth-order valence-corrected chi connectivity index (χ4v) is 1.56. The van der Waals surface area contributed by atoms with E-state index in [4.69, 9.17) is 15.8 Å². The molecular formula is C12H17N5O2. The zero-order valence-electron chi connectivity index (χ0n) is 10.8. The molecule has 102 valence electrons. The number of carbonyl (C=O) groups excluding carboxylic acids is 1. The third kappa shape index (κ3) is 4.21. The zero-order chi connectivity index (χ0) is 14.1. The second-order valence-corrected chi connectivity index (χ2v) is 3.76. The lowest BCUT2D eigenvalue weighted by molar-refractivity contribution is 0.0700. The molecule has 0 aliphatic carbocycles. The van der Waals surface area contributed by atoms with Gasteiger partial charge >= 0.3 is 0 Å². The fourth-order valence-electron chi connectivity index (χ4n) is 1.56. The van der Waals surface area contributed by atoms with Gasteiger partial charge in [0.1, 0.15) is 0 Å². The summed E-state index contributed by atoms with van der Waals surface area (Å²) in [6.45, 7) is 1.16. The summed E-state index contributed by atoms with van der Waals surface area (Å²) in [6, 6.07) is 3.64. The van der Waals surface area contributed by atoms with Gasteiger partial charge in [0.25, 0.3) is 5.91 Å². The van der Waals surface area contributed by atoms with Crippen molar-refractivity contribution in [2.45, 2.75) is 6.42 Å². The molecule has 1 aromatic rings. The second kappa shape index (κ2) is 8.02. The van der Waals surface area contributed by atoms with Crippen LogP contribution in [-0.4, -0.2) is 42.6 Å². The predicted octanol–water partition coefficient (Wildman–Crippen LogP) is 0.369. The number of hydrogen-bond donors (Lipinski definition) is 2. The van der Waals surface area contributed by atoms with E-state index >= 15 is 0 Å². The Kier molecular flexibility index (Phi) is 6.29. The largest absolute Gasteiger partial charge is 0.383 e. The maximum absolute atomic E-state index is 12.4. The number of pyridine rings is 1. The predicted molar refractivity (Wildman–Crippen MR) is 70.1 cm³/mol. The summed E-state index contributed by atoms with van der Waals surface area (Å²) in [4.78, 5) is 17.8. The summed E-state index contributed by atoms with van der Waals surface area (Å²) in [5.41, 5.74) is 3.33. The minimum atomic E-state index is -0.228. The molecule has 0 unspecified atom stereocenters. The molecule has 0 spiro atoms. The molecule has 0 aromatic carbocycles. The highest BCUT2D eigenvalue weighted by atomic mass is 16.5. The third-order valence-electron chi connectivity index (χ3n) is 2.55. The van der Waals surface area contributed by atoms with Gasteiger partial charge in [0, 0.05) is 32.6 Å². The molecule has 0 atom stereocenters. The Balaban J connectivity index is 2.88. The second-order valence-electron chi connectivity index (χ2n) is 3.76. The number of hydrazine groups is 1. The van der Waals surface area contributed by atoms with Crippen molar-refractivity contribution in [1.82, 2.24) is 9.88 Å². The summed E-state index contributed by atoms with van der Waals surface area (Å²) in [7, 11) is 1.56. The highest BCUT2D eigenvalue weighted by molar-refractivity contribution is 5.99. The minimum Gasteiger partial charge on any atom is -0.383 e. The molecule has 1 rings (SSSR count). The minimum absolute atomic E-state index is 0.228. The first-order chi connectivity index (χ1) is 9.24. The maximum atomic E-state index is 12.4. The molecule has 0 radical (unpaired) electrons. The molecule has 3 N–H and O–H groups in total. The number of nitrogens with two attached hydrogens (primary N) is 1. The number of anilines is 1. The number of ether oxygens (including phenoxy) is 1. The van der Waals surface area contributed by atoms with E-state index in [0.717, 1.165) is 0 Å². The topological polar surface area (TPSA) is 104 Å². The van der Waals surface area contributed by atoms with Gasteiger partial charge in [-0.25, -0.2) is 0 Å². The molecular weight excluding hydrogens is 246 g/mol. The molecule has 7 nitrogen and oxygen atoms in total. The molecule has 1 aromatic heterocycles. The fraction of sp³-hybridized carbons (Fsp3) is 0.417. The van der Waals surface area contributed by atoms with Crippen LogP contribution in [0.5, 0.6) is 0 Å². The van der Waals surface area contributed by atoms with E-state index in [1.807, 2.05) is 6.07 Å². The van der Waals surface area contributed by atoms with Gasteiger partial charge in [0.2, 0.25) is 0 Å². The van der Waals surface area contributed by atoms with E-state index in [1.54, 1.807) is 24.3 Å². The van der Waals surface area contributed by atoms with Crippen LogP contribution in [0, 0.1) is 11.3 Å². The van der Waals surface area contributed by atoms with Gasteiger partial charge in [-0.3, -0.25) is 15.6 Å². The Morgan fingerprint density at radius 1 is 1.63 bits per heavy atom. The summed E-state index contributed by atoms with van der Waals surface area (Å²) < 4.78 is 4.96. The quantitative estimate of drug-likeness (QED) is 0.544. The number of nitriles is 1. The van der Waals surface area contributed by atoms with Gasteiger partial charge in [-0.1, -0.05) is 0 Å². The standard InChI is InChI=1S/C12H17N5O2/c1-19-8-7-17(6-2-4-13)12(18)10-9-15-5-3-11(10)16-14/h3,5,9H,2,6-8,14H2,1H3,(H,15,16). The molecule has 1 heterocycles. The lowest BCUT2D eigenvalue weighted by Gasteiger charge is -2.22. The Hall–Kier alpha value is -2.17. The van der Waals surface area contributed by atoms with Gasteiger partial charge in [-0.15, -0.1) is 0 Å². The van der Waals surface area contributed by atoms with Crippen LogP contribution in [0.25, 0.3) is 0 Å². The highest BCUT2D eigenvalue weighted by Gasteiger charge is 2.18. The van der Waals surface area contributed by atoms with Crippen molar-refractivity contribution in [1.29, 1.82) is 5.26 Å². The van der Waals surface area contributed by atoms with Crippen molar-refractivity contribution >= 4 is 11.6 Å². The number of hydrogen-bond acceptors (Lipinski definition) is 6. The third-order valence-corrected chi connectivity index (χ3v) is 2.55. The van der Waals surface area contributed by atoms with Crippen molar-refractivity contribution in [2.75, 3.05) is 32.2 Å². The van der Waals surface area contributed by atoms with Crippen molar-refractivity contribution < 1.29 is 9.53 Å². The van der Waals surface area contributed by atoms with Gasteiger partial charge in [-0.2, -0.15) is 5.26 Å². The Labute approximate surface area is 111 Å². The molecule has 0 bridgehead atoms. The number of carbonyl (C=O) groups is 1. The van der Waals surface area contributed by atoms with E-state index in [1.165, 1.54) is 6.20 Å².